The van der Waals surface area contributed by atoms with Crippen molar-refractivity contribution in [3.63, 3.8) is 0 Å². The first-order chi connectivity index (χ1) is 9.72. The molecule has 1 heterocycles. The van der Waals surface area contributed by atoms with Crippen molar-refractivity contribution in [2.75, 3.05) is 19.3 Å². The highest BCUT2D eigenvalue weighted by molar-refractivity contribution is 7.88. The van der Waals surface area contributed by atoms with Gasteiger partial charge in [-0.15, -0.1) is 11.3 Å². The Morgan fingerprint density at radius 1 is 1.38 bits per heavy atom. The van der Waals surface area contributed by atoms with Crippen LogP contribution in [-0.4, -0.2) is 39.3 Å². The number of nitrogens with zero attached hydrogens (tertiary/aromatic N) is 1. The van der Waals surface area contributed by atoms with Crippen LogP contribution in [0.15, 0.2) is 22.5 Å². The van der Waals surface area contributed by atoms with E-state index < -0.39 is 15.6 Å². The van der Waals surface area contributed by atoms with Gasteiger partial charge in [-0.05, 0) is 32.2 Å². The molecule has 21 heavy (non-hydrogen) atoms. The quantitative estimate of drug-likeness (QED) is 0.516. The highest BCUT2D eigenvalue weighted by atomic mass is 32.2. The van der Waals surface area contributed by atoms with Gasteiger partial charge in [0.1, 0.15) is 0 Å². The largest absolute Gasteiger partial charge is 0.357 e. The normalized spacial score (nSPS) is 13.2. The van der Waals surface area contributed by atoms with Crippen molar-refractivity contribution < 1.29 is 8.42 Å². The van der Waals surface area contributed by atoms with Gasteiger partial charge in [0.05, 0.1) is 12.8 Å². The van der Waals surface area contributed by atoms with E-state index in [0.717, 1.165) is 12.8 Å². The standard InChI is InChI=1S/C13H24N4O2S2/c1-5-14-12(15-9-11-7-6-8-20-11)16-10-13(2,3)17-21(4,18)19/h6-8,17H,5,9-10H2,1-4H3,(H2,14,15,16). The van der Waals surface area contributed by atoms with Gasteiger partial charge in [0.2, 0.25) is 10.0 Å². The summed E-state index contributed by atoms with van der Waals surface area (Å²) in [6.45, 7) is 7.43. The zero-order valence-corrected chi connectivity index (χ0v) is 14.6. The Hall–Kier alpha value is -1.12. The lowest BCUT2D eigenvalue weighted by Crippen LogP contribution is -2.53. The zero-order valence-electron chi connectivity index (χ0n) is 12.9. The smallest absolute Gasteiger partial charge is 0.209 e. The van der Waals surface area contributed by atoms with Gasteiger partial charge in [-0.1, -0.05) is 6.07 Å². The van der Waals surface area contributed by atoms with Crippen molar-refractivity contribution in [1.29, 1.82) is 0 Å². The molecule has 0 spiro atoms. The van der Waals surface area contributed by atoms with Crippen LogP contribution < -0.4 is 15.4 Å². The molecule has 0 atom stereocenters. The molecule has 0 fully saturated rings. The lowest BCUT2D eigenvalue weighted by Gasteiger charge is -2.26. The van der Waals surface area contributed by atoms with E-state index in [9.17, 15) is 8.42 Å². The molecule has 0 bridgehead atoms. The van der Waals surface area contributed by atoms with Gasteiger partial charge in [-0.25, -0.2) is 18.1 Å². The average molecular weight is 332 g/mol. The lowest BCUT2D eigenvalue weighted by molar-refractivity contribution is 0.446. The number of rotatable bonds is 7. The molecular weight excluding hydrogens is 308 g/mol. The fourth-order valence-corrected chi connectivity index (χ4v) is 3.45. The molecule has 0 aliphatic heterocycles. The lowest BCUT2D eigenvalue weighted by atomic mass is 10.1. The van der Waals surface area contributed by atoms with E-state index >= 15 is 0 Å². The fourth-order valence-electron chi connectivity index (χ4n) is 1.74. The number of guanidine groups is 1. The van der Waals surface area contributed by atoms with Crippen LogP contribution in [0.5, 0.6) is 0 Å². The number of hydrogen-bond donors (Lipinski definition) is 3. The highest BCUT2D eigenvalue weighted by Crippen LogP contribution is 2.09. The van der Waals surface area contributed by atoms with E-state index in [4.69, 9.17) is 0 Å². The summed E-state index contributed by atoms with van der Waals surface area (Å²) in [7, 11) is -3.24. The Morgan fingerprint density at radius 2 is 2.10 bits per heavy atom. The van der Waals surface area contributed by atoms with Crippen LogP contribution in [-0.2, 0) is 16.6 Å². The van der Waals surface area contributed by atoms with E-state index in [0.29, 0.717) is 19.0 Å². The minimum atomic E-state index is -3.24. The van der Waals surface area contributed by atoms with Crippen LogP contribution in [0, 0.1) is 0 Å². The molecule has 0 aliphatic carbocycles. The van der Waals surface area contributed by atoms with Crippen molar-refractivity contribution >= 4 is 27.3 Å². The van der Waals surface area contributed by atoms with E-state index in [1.807, 2.05) is 38.3 Å². The molecular formula is C13H24N4O2S2. The first-order valence-electron chi connectivity index (χ1n) is 6.75. The monoisotopic (exact) mass is 332 g/mol. The number of hydrogen-bond acceptors (Lipinski definition) is 4. The number of nitrogens with one attached hydrogen (secondary N) is 3. The van der Waals surface area contributed by atoms with E-state index in [2.05, 4.69) is 20.3 Å². The predicted octanol–water partition coefficient (Wildman–Crippen LogP) is 1.13. The molecule has 1 aromatic heterocycles. The first kappa shape index (κ1) is 17.9. The van der Waals surface area contributed by atoms with Crippen LogP contribution in [0.4, 0.5) is 0 Å². The number of thiophene rings is 1. The van der Waals surface area contributed by atoms with Gasteiger partial charge in [0, 0.05) is 23.5 Å². The van der Waals surface area contributed by atoms with Crippen LogP contribution in [0.2, 0.25) is 0 Å². The second-order valence-corrected chi connectivity index (χ2v) is 8.17. The van der Waals surface area contributed by atoms with E-state index in [1.54, 1.807) is 11.3 Å². The molecule has 3 N–H and O–H groups in total. The van der Waals surface area contributed by atoms with Gasteiger partial charge in [-0.2, -0.15) is 0 Å². The molecule has 8 heteroatoms. The molecule has 120 valence electrons. The Balaban J connectivity index is 2.59. The molecule has 0 aliphatic rings. The summed E-state index contributed by atoms with van der Waals surface area (Å²) < 4.78 is 25.2. The van der Waals surface area contributed by atoms with Crippen molar-refractivity contribution in [3.8, 4) is 0 Å². The maximum absolute atomic E-state index is 11.3. The van der Waals surface area contributed by atoms with Crippen molar-refractivity contribution in [2.24, 2.45) is 4.99 Å². The first-order valence-corrected chi connectivity index (χ1v) is 9.52. The van der Waals surface area contributed by atoms with E-state index in [1.165, 1.54) is 4.88 Å². The number of aliphatic imine (C=N–C) groups is 1. The molecule has 1 rings (SSSR count). The second-order valence-electron chi connectivity index (χ2n) is 5.39. The SMILES string of the molecule is CCNC(=NCc1cccs1)NCC(C)(C)NS(C)(=O)=O. The third-order valence-electron chi connectivity index (χ3n) is 2.48. The molecule has 0 amide bonds. The summed E-state index contributed by atoms with van der Waals surface area (Å²) in [4.78, 5) is 5.66. The average Bonchev–Trinajstić information content (AvgIpc) is 2.83. The Kier molecular flexibility index (Phi) is 6.63. The van der Waals surface area contributed by atoms with E-state index in [-0.39, 0.29) is 0 Å². The van der Waals surface area contributed by atoms with Gasteiger partial charge >= 0.3 is 0 Å². The van der Waals surface area contributed by atoms with Crippen LogP contribution in [0.3, 0.4) is 0 Å². The van der Waals surface area contributed by atoms with Crippen LogP contribution in [0.25, 0.3) is 0 Å². The Labute approximate surface area is 131 Å². The summed E-state index contributed by atoms with van der Waals surface area (Å²) in [5.41, 5.74) is -0.591. The maximum Gasteiger partial charge on any atom is 0.209 e. The van der Waals surface area contributed by atoms with Crippen molar-refractivity contribution in [1.82, 2.24) is 15.4 Å². The van der Waals surface area contributed by atoms with Crippen LogP contribution >= 0.6 is 11.3 Å². The molecule has 0 saturated carbocycles. The molecule has 6 nitrogen and oxygen atoms in total. The van der Waals surface area contributed by atoms with Crippen molar-refractivity contribution in [3.05, 3.63) is 22.4 Å². The summed E-state index contributed by atoms with van der Waals surface area (Å²) in [6.07, 6.45) is 1.16. The minimum absolute atomic E-state index is 0.441. The molecule has 0 saturated heterocycles. The van der Waals surface area contributed by atoms with Crippen LogP contribution in [0.1, 0.15) is 25.6 Å². The molecule has 0 radical (unpaired) electrons. The highest BCUT2D eigenvalue weighted by Gasteiger charge is 2.22. The molecule has 0 unspecified atom stereocenters. The van der Waals surface area contributed by atoms with Gasteiger partial charge in [0.25, 0.3) is 0 Å². The summed E-state index contributed by atoms with van der Waals surface area (Å²) in [5, 5.41) is 8.33. The fraction of sp³-hybridized carbons (Fsp3) is 0.615. The minimum Gasteiger partial charge on any atom is -0.357 e. The maximum atomic E-state index is 11.3. The predicted molar refractivity (Wildman–Crippen MR) is 89.2 cm³/mol. The summed E-state index contributed by atoms with van der Waals surface area (Å²) in [5.74, 6) is 0.675. The topological polar surface area (TPSA) is 82.6 Å². The second kappa shape index (κ2) is 7.77. The summed E-state index contributed by atoms with van der Waals surface area (Å²) in [6, 6.07) is 4.03. The Bertz CT molecular complexity index is 551. The van der Waals surface area contributed by atoms with Crippen molar-refractivity contribution in [2.45, 2.75) is 32.9 Å². The zero-order chi connectivity index (χ0) is 15.9. The third-order valence-corrected chi connectivity index (χ3v) is 4.26. The third kappa shape index (κ3) is 8.03. The molecule has 1 aromatic rings. The van der Waals surface area contributed by atoms with Gasteiger partial charge < -0.3 is 10.6 Å². The Morgan fingerprint density at radius 3 is 2.62 bits per heavy atom. The summed E-state index contributed by atoms with van der Waals surface area (Å²) >= 11 is 1.66. The number of sulfonamides is 1. The van der Waals surface area contributed by atoms with Gasteiger partial charge in [0.15, 0.2) is 5.96 Å². The van der Waals surface area contributed by atoms with Gasteiger partial charge in [-0.3, -0.25) is 0 Å². The molecule has 0 aromatic carbocycles.